The van der Waals surface area contributed by atoms with E-state index in [4.69, 9.17) is 6.42 Å². The van der Waals surface area contributed by atoms with Gasteiger partial charge in [-0.2, -0.15) is 0 Å². The van der Waals surface area contributed by atoms with Crippen molar-refractivity contribution >= 4 is 11.4 Å². The molecule has 4 aliphatic rings. The van der Waals surface area contributed by atoms with Crippen LogP contribution in [-0.2, 0) is 17.6 Å². The van der Waals surface area contributed by atoms with Gasteiger partial charge in [0.25, 0.3) is 0 Å². The van der Waals surface area contributed by atoms with Gasteiger partial charge in [0.1, 0.15) is 5.78 Å². The molecule has 3 aromatic carbocycles. The molecule has 4 aliphatic carbocycles. The van der Waals surface area contributed by atoms with E-state index in [1.54, 1.807) is 0 Å². The number of rotatable bonds is 10. The van der Waals surface area contributed by atoms with Gasteiger partial charge < -0.3 is 0 Å². The van der Waals surface area contributed by atoms with Crippen molar-refractivity contribution in [3.05, 3.63) is 124 Å². The summed E-state index contributed by atoms with van der Waals surface area (Å²) in [6.45, 7) is 4.69. The fraction of sp³-hybridized carbons (Fsp3) is 0.457. The minimum absolute atomic E-state index is 0.0218. The van der Waals surface area contributed by atoms with Crippen LogP contribution in [0.3, 0.4) is 0 Å². The molecule has 0 heterocycles. The molecular weight excluding hydrogens is 569 g/mol. The molecule has 3 saturated carbocycles. The van der Waals surface area contributed by atoms with Crippen molar-refractivity contribution in [2.75, 3.05) is 0 Å². The van der Waals surface area contributed by atoms with Gasteiger partial charge in [-0.25, -0.2) is 0 Å². The third kappa shape index (κ3) is 7.14. The average molecular weight is 621 g/mol. The number of ketones is 1. The van der Waals surface area contributed by atoms with Crippen LogP contribution < -0.4 is 0 Å². The maximum Gasteiger partial charge on any atom is 0.140 e. The lowest BCUT2D eigenvalue weighted by Gasteiger charge is -2.34. The Morgan fingerprint density at radius 1 is 0.872 bits per heavy atom. The number of terminal acetylenes is 1. The molecule has 47 heavy (non-hydrogen) atoms. The highest BCUT2D eigenvalue weighted by atomic mass is 16.1. The van der Waals surface area contributed by atoms with E-state index < -0.39 is 0 Å². The van der Waals surface area contributed by atoms with E-state index in [0.29, 0.717) is 35.9 Å². The number of Topliss-reactive ketones (excluding diaryl/α,β-unsaturated/α-hetero) is 1. The minimum Gasteiger partial charge on any atom is -0.299 e. The van der Waals surface area contributed by atoms with Gasteiger partial charge in [-0.1, -0.05) is 111 Å². The van der Waals surface area contributed by atoms with Crippen molar-refractivity contribution in [1.29, 1.82) is 0 Å². The zero-order valence-electron chi connectivity index (χ0n) is 28.5. The van der Waals surface area contributed by atoms with Crippen LogP contribution in [0.15, 0.2) is 91.0 Å². The molecule has 7 rings (SSSR count). The Labute approximate surface area is 284 Å². The van der Waals surface area contributed by atoms with Gasteiger partial charge in [-0.05, 0) is 139 Å². The predicted molar refractivity (Wildman–Crippen MR) is 196 cm³/mol. The highest BCUT2D eigenvalue weighted by Crippen LogP contribution is 2.53. The van der Waals surface area contributed by atoms with E-state index in [2.05, 4.69) is 105 Å². The lowest BCUT2D eigenvalue weighted by molar-refractivity contribution is -0.122. The Morgan fingerprint density at radius 3 is 2.36 bits per heavy atom. The molecule has 0 bridgehead atoms. The Bertz CT molecular complexity index is 1640. The Morgan fingerprint density at radius 2 is 1.66 bits per heavy atom. The first kappa shape index (κ1) is 31.9. The molecule has 0 N–H and O–H groups in total. The smallest absolute Gasteiger partial charge is 0.140 e. The van der Waals surface area contributed by atoms with Crippen LogP contribution in [0.5, 0.6) is 0 Å². The second kappa shape index (κ2) is 14.2. The first-order valence-electron chi connectivity index (χ1n) is 18.6. The number of allylic oxidation sites excluding steroid dienone is 4. The highest BCUT2D eigenvalue weighted by Gasteiger charge is 2.42. The van der Waals surface area contributed by atoms with Crippen molar-refractivity contribution in [2.24, 2.45) is 35.5 Å². The van der Waals surface area contributed by atoms with Crippen LogP contribution in [0.25, 0.3) is 5.57 Å². The second-order valence-corrected chi connectivity index (χ2v) is 15.6. The Balaban J connectivity index is 1.03. The molecule has 0 spiro atoms. The summed E-state index contributed by atoms with van der Waals surface area (Å²) >= 11 is 0. The Kier molecular flexibility index (Phi) is 9.68. The quantitative estimate of drug-likeness (QED) is 0.206. The monoisotopic (exact) mass is 620 g/mol. The SMILES string of the molecule is C#Cc1ccc(CC2CCC(C(C(=O)CCc3ccccc3)c3ccc(C4=CC(C)C=C4)cc3)CC2)cc1C1CC2CCC(C)C2C1. The van der Waals surface area contributed by atoms with Crippen LogP contribution in [0.2, 0.25) is 0 Å². The molecule has 0 aliphatic heterocycles. The number of carbonyl (C=O) groups is 1. The summed E-state index contributed by atoms with van der Waals surface area (Å²) < 4.78 is 0. The summed E-state index contributed by atoms with van der Waals surface area (Å²) in [5, 5.41) is 0. The molecule has 3 fully saturated rings. The van der Waals surface area contributed by atoms with Gasteiger partial charge >= 0.3 is 0 Å². The van der Waals surface area contributed by atoms with E-state index in [1.807, 2.05) is 6.07 Å². The number of carbonyl (C=O) groups excluding carboxylic acids is 1. The average Bonchev–Trinajstić information content (AvgIpc) is 3.83. The van der Waals surface area contributed by atoms with Crippen molar-refractivity contribution in [3.8, 4) is 12.3 Å². The molecule has 6 atom stereocenters. The first-order valence-corrected chi connectivity index (χ1v) is 18.6. The van der Waals surface area contributed by atoms with E-state index in [9.17, 15) is 4.79 Å². The topological polar surface area (TPSA) is 17.1 Å². The van der Waals surface area contributed by atoms with Crippen molar-refractivity contribution in [3.63, 3.8) is 0 Å². The van der Waals surface area contributed by atoms with Gasteiger partial charge in [0, 0.05) is 17.9 Å². The molecule has 1 nitrogen and oxygen atoms in total. The number of fused-ring (bicyclic) bond motifs is 1. The van der Waals surface area contributed by atoms with Gasteiger partial charge in [0.2, 0.25) is 0 Å². The van der Waals surface area contributed by atoms with Crippen LogP contribution in [-0.4, -0.2) is 5.78 Å². The number of hydrogen-bond acceptors (Lipinski definition) is 1. The third-order valence-electron chi connectivity index (χ3n) is 12.5. The van der Waals surface area contributed by atoms with Crippen molar-refractivity contribution in [2.45, 2.75) is 96.3 Å². The lowest BCUT2D eigenvalue weighted by atomic mass is 9.70. The largest absolute Gasteiger partial charge is 0.299 e. The molecule has 0 aromatic heterocycles. The molecule has 1 heteroatoms. The van der Waals surface area contributed by atoms with Crippen molar-refractivity contribution in [1.82, 2.24) is 0 Å². The van der Waals surface area contributed by atoms with Gasteiger partial charge in [0.15, 0.2) is 0 Å². The number of benzene rings is 3. The van der Waals surface area contributed by atoms with Gasteiger partial charge in [0.05, 0.1) is 0 Å². The second-order valence-electron chi connectivity index (χ2n) is 15.6. The summed E-state index contributed by atoms with van der Waals surface area (Å²) in [7, 11) is 0. The predicted octanol–water partition coefficient (Wildman–Crippen LogP) is 11.1. The van der Waals surface area contributed by atoms with E-state index in [-0.39, 0.29) is 5.92 Å². The molecule has 0 radical (unpaired) electrons. The van der Waals surface area contributed by atoms with Crippen LogP contribution >= 0.6 is 0 Å². The molecule has 3 aromatic rings. The van der Waals surface area contributed by atoms with Crippen LogP contribution in [0.4, 0.5) is 0 Å². The fourth-order valence-corrected chi connectivity index (χ4v) is 9.91. The maximum atomic E-state index is 14.1. The van der Waals surface area contributed by atoms with Gasteiger partial charge in [-0.3, -0.25) is 4.79 Å². The van der Waals surface area contributed by atoms with E-state index in [0.717, 1.165) is 49.0 Å². The van der Waals surface area contributed by atoms with Crippen molar-refractivity contribution < 1.29 is 4.79 Å². The summed E-state index contributed by atoms with van der Waals surface area (Å²) in [6.07, 6.45) is 25.5. The summed E-state index contributed by atoms with van der Waals surface area (Å²) in [5.41, 5.74) is 9.02. The maximum absolute atomic E-state index is 14.1. The highest BCUT2D eigenvalue weighted by molar-refractivity contribution is 5.86. The number of hydrogen-bond donors (Lipinski definition) is 0. The van der Waals surface area contributed by atoms with Crippen LogP contribution in [0.1, 0.15) is 117 Å². The molecule has 0 saturated heterocycles. The summed E-state index contributed by atoms with van der Waals surface area (Å²) in [4.78, 5) is 14.1. The molecular formula is C46H52O. The minimum atomic E-state index is -0.0218. The molecule has 242 valence electrons. The van der Waals surface area contributed by atoms with E-state index in [1.165, 1.54) is 71.9 Å². The van der Waals surface area contributed by atoms with Gasteiger partial charge in [-0.15, -0.1) is 6.42 Å². The lowest BCUT2D eigenvalue weighted by Crippen LogP contribution is -2.27. The fourth-order valence-electron chi connectivity index (χ4n) is 9.91. The molecule has 6 unspecified atom stereocenters. The summed E-state index contributed by atoms with van der Waals surface area (Å²) in [6, 6.07) is 26.5. The van der Waals surface area contributed by atoms with Crippen LogP contribution in [0, 0.1) is 47.9 Å². The number of aryl methyl sites for hydroxylation is 1. The zero-order chi connectivity index (χ0) is 32.3. The normalized spacial score (nSPS) is 28.9. The van der Waals surface area contributed by atoms with E-state index >= 15 is 0 Å². The summed E-state index contributed by atoms with van der Waals surface area (Å²) in [5.74, 6) is 8.28. The third-order valence-corrected chi connectivity index (χ3v) is 12.5. The Hall–Kier alpha value is -3.63. The molecule has 0 amide bonds. The standard InChI is InChI=1S/C46H52O/c1-4-36-18-14-35(28-44(36)42-29-41-17-11-32(3)43(41)30-42)27-34-12-19-38(20-13-34)46(45(47)25-15-33-8-6-5-7-9-33)39-23-21-37(22-24-39)40-16-10-31(2)26-40/h1,5-10,14,16,18,21-24,26,28,31-32,34,38,41-43,46H,11-13,15,17,19-20,25,27,29-30H2,2-3H3. The first-order chi connectivity index (χ1) is 22.9. The zero-order valence-corrected chi connectivity index (χ0v) is 28.5.